The molecule has 2 nitrogen and oxygen atoms in total. The van der Waals surface area contributed by atoms with E-state index < -0.39 is 0 Å². The SMILES string of the molecule is CC1=C(/C=C/C(C)=C/C=C/C(C)=C/C=O)CC(C)(C)CC1=O. The second-order valence-corrected chi connectivity index (χ2v) is 6.74. The number of carbonyl (C=O) groups excluding carboxylic acids is 2. The monoisotopic (exact) mass is 298 g/mol. The standard InChI is InChI=1S/C20H26O2/c1-15(7-6-8-16(2)11-12-21)9-10-18-13-20(4,5)14-19(22)17(18)3/h6-12H,13-14H2,1-5H3/b8-6+,10-9+,15-7+,16-11+. The Hall–Kier alpha value is -1.96. The van der Waals surface area contributed by atoms with E-state index in [0.29, 0.717) is 6.42 Å². The third-order valence-corrected chi connectivity index (χ3v) is 3.80. The number of aldehydes is 1. The van der Waals surface area contributed by atoms with Gasteiger partial charge in [-0.2, -0.15) is 0 Å². The molecule has 0 radical (unpaired) electrons. The van der Waals surface area contributed by atoms with Crippen molar-refractivity contribution in [3.63, 3.8) is 0 Å². The van der Waals surface area contributed by atoms with E-state index >= 15 is 0 Å². The van der Waals surface area contributed by atoms with Gasteiger partial charge in [0, 0.05) is 6.42 Å². The maximum Gasteiger partial charge on any atom is 0.159 e. The molecule has 2 heteroatoms. The molecule has 0 aromatic rings. The third-order valence-electron chi connectivity index (χ3n) is 3.80. The van der Waals surface area contributed by atoms with Crippen molar-refractivity contribution in [1.29, 1.82) is 0 Å². The molecular weight excluding hydrogens is 272 g/mol. The highest BCUT2D eigenvalue weighted by molar-refractivity contribution is 5.97. The molecule has 0 fully saturated rings. The normalized spacial score (nSPS) is 20.3. The van der Waals surface area contributed by atoms with Crippen LogP contribution in [0, 0.1) is 5.41 Å². The van der Waals surface area contributed by atoms with E-state index in [1.807, 2.05) is 45.1 Å². The zero-order valence-electron chi connectivity index (χ0n) is 14.3. The lowest BCUT2D eigenvalue weighted by Gasteiger charge is -2.30. The van der Waals surface area contributed by atoms with Gasteiger partial charge in [0.15, 0.2) is 5.78 Å². The molecule has 0 saturated heterocycles. The van der Waals surface area contributed by atoms with Crippen molar-refractivity contribution in [2.75, 3.05) is 0 Å². The van der Waals surface area contributed by atoms with Crippen LogP contribution < -0.4 is 0 Å². The van der Waals surface area contributed by atoms with E-state index in [0.717, 1.165) is 35.0 Å². The zero-order chi connectivity index (χ0) is 16.8. The molecule has 0 spiro atoms. The third kappa shape index (κ3) is 5.80. The number of rotatable bonds is 5. The summed E-state index contributed by atoms with van der Waals surface area (Å²) in [5.41, 5.74) is 4.09. The fourth-order valence-electron chi connectivity index (χ4n) is 2.44. The van der Waals surface area contributed by atoms with Crippen molar-refractivity contribution in [3.05, 3.63) is 58.7 Å². The molecular formula is C20H26O2. The minimum atomic E-state index is 0.0462. The van der Waals surface area contributed by atoms with Crippen LogP contribution in [-0.2, 0) is 9.59 Å². The maximum atomic E-state index is 12.0. The van der Waals surface area contributed by atoms with Gasteiger partial charge in [0.25, 0.3) is 0 Å². The minimum Gasteiger partial charge on any atom is -0.299 e. The van der Waals surface area contributed by atoms with Gasteiger partial charge in [-0.05, 0) is 55.4 Å². The molecule has 1 aliphatic rings. The number of allylic oxidation sites excluding steroid dienone is 10. The quantitative estimate of drug-likeness (QED) is 0.411. The molecule has 1 aliphatic carbocycles. The second-order valence-electron chi connectivity index (χ2n) is 6.74. The van der Waals surface area contributed by atoms with Crippen molar-refractivity contribution < 1.29 is 9.59 Å². The summed E-state index contributed by atoms with van der Waals surface area (Å²) in [5, 5.41) is 0. The predicted octanol–water partition coefficient (Wildman–Crippen LogP) is 4.90. The van der Waals surface area contributed by atoms with Crippen molar-refractivity contribution in [2.45, 2.75) is 47.5 Å². The summed E-state index contributed by atoms with van der Waals surface area (Å²) in [4.78, 5) is 22.4. The molecule has 0 heterocycles. The Bertz CT molecular complexity index is 593. The highest BCUT2D eigenvalue weighted by Crippen LogP contribution is 2.37. The van der Waals surface area contributed by atoms with Crippen LogP contribution in [0.15, 0.2) is 58.7 Å². The van der Waals surface area contributed by atoms with E-state index in [1.54, 1.807) is 0 Å². The summed E-state index contributed by atoms with van der Waals surface area (Å²) >= 11 is 0. The summed E-state index contributed by atoms with van der Waals surface area (Å²) < 4.78 is 0. The second kappa shape index (κ2) is 7.88. The lowest BCUT2D eigenvalue weighted by Crippen LogP contribution is -2.24. The van der Waals surface area contributed by atoms with E-state index in [2.05, 4.69) is 19.9 Å². The van der Waals surface area contributed by atoms with Gasteiger partial charge >= 0.3 is 0 Å². The Kier molecular flexibility index (Phi) is 6.48. The Balaban J connectivity index is 2.82. The van der Waals surface area contributed by atoms with Gasteiger partial charge in [-0.15, -0.1) is 0 Å². The molecule has 0 N–H and O–H groups in total. The largest absolute Gasteiger partial charge is 0.299 e. The average Bonchev–Trinajstić information content (AvgIpc) is 2.41. The average molecular weight is 298 g/mol. The van der Waals surface area contributed by atoms with E-state index in [4.69, 9.17) is 0 Å². The molecule has 0 aromatic heterocycles. The summed E-state index contributed by atoms with van der Waals surface area (Å²) in [6.45, 7) is 10.1. The van der Waals surface area contributed by atoms with Crippen LogP contribution in [0.5, 0.6) is 0 Å². The number of Topliss-reactive ketones (excluding diaryl/α,β-unsaturated/α-hetero) is 1. The lowest BCUT2D eigenvalue weighted by atomic mass is 9.74. The smallest absolute Gasteiger partial charge is 0.159 e. The number of hydrogen-bond acceptors (Lipinski definition) is 2. The van der Waals surface area contributed by atoms with E-state index in [9.17, 15) is 9.59 Å². The summed E-state index contributed by atoms with van der Waals surface area (Å²) in [7, 11) is 0. The molecule has 0 amide bonds. The molecule has 0 aromatic carbocycles. The Morgan fingerprint density at radius 3 is 2.32 bits per heavy atom. The first-order valence-corrected chi connectivity index (χ1v) is 7.63. The van der Waals surface area contributed by atoms with Crippen molar-refractivity contribution >= 4 is 12.1 Å². The van der Waals surface area contributed by atoms with E-state index in [-0.39, 0.29) is 11.2 Å². The van der Waals surface area contributed by atoms with Gasteiger partial charge in [0.1, 0.15) is 6.29 Å². The Morgan fingerprint density at radius 1 is 1.05 bits per heavy atom. The Morgan fingerprint density at radius 2 is 1.68 bits per heavy atom. The van der Waals surface area contributed by atoms with E-state index in [1.165, 1.54) is 6.08 Å². The molecule has 0 atom stereocenters. The van der Waals surface area contributed by atoms with Gasteiger partial charge in [-0.1, -0.05) is 49.8 Å². The minimum absolute atomic E-state index is 0.0462. The first-order chi connectivity index (χ1) is 10.2. The van der Waals surface area contributed by atoms with Crippen LogP contribution in [0.25, 0.3) is 0 Å². The first kappa shape index (κ1) is 18.1. The molecule has 0 aliphatic heterocycles. The highest BCUT2D eigenvalue weighted by atomic mass is 16.1. The zero-order valence-corrected chi connectivity index (χ0v) is 14.3. The van der Waals surface area contributed by atoms with Crippen LogP contribution in [0.2, 0.25) is 0 Å². The molecule has 0 saturated carbocycles. The predicted molar refractivity (Wildman–Crippen MR) is 92.6 cm³/mol. The van der Waals surface area contributed by atoms with Crippen LogP contribution in [0.4, 0.5) is 0 Å². The lowest BCUT2D eigenvalue weighted by molar-refractivity contribution is -0.118. The van der Waals surface area contributed by atoms with Gasteiger partial charge in [-0.3, -0.25) is 9.59 Å². The summed E-state index contributed by atoms with van der Waals surface area (Å²) in [6, 6.07) is 0. The molecule has 118 valence electrons. The van der Waals surface area contributed by atoms with Crippen molar-refractivity contribution in [2.24, 2.45) is 5.41 Å². The van der Waals surface area contributed by atoms with Crippen LogP contribution in [0.3, 0.4) is 0 Å². The van der Waals surface area contributed by atoms with Crippen LogP contribution >= 0.6 is 0 Å². The van der Waals surface area contributed by atoms with Gasteiger partial charge in [0.2, 0.25) is 0 Å². The van der Waals surface area contributed by atoms with Gasteiger partial charge < -0.3 is 0 Å². The molecule has 0 bridgehead atoms. The summed E-state index contributed by atoms with van der Waals surface area (Å²) in [5.74, 6) is 0.257. The molecule has 22 heavy (non-hydrogen) atoms. The fraction of sp³-hybridized carbons (Fsp3) is 0.400. The maximum absolute atomic E-state index is 12.0. The topological polar surface area (TPSA) is 34.1 Å². The van der Waals surface area contributed by atoms with Gasteiger partial charge in [0.05, 0.1) is 0 Å². The number of ketones is 1. The fourth-order valence-corrected chi connectivity index (χ4v) is 2.44. The molecule has 1 rings (SSSR count). The van der Waals surface area contributed by atoms with Crippen molar-refractivity contribution in [1.82, 2.24) is 0 Å². The summed E-state index contributed by atoms with van der Waals surface area (Å²) in [6.07, 6.45) is 13.8. The highest BCUT2D eigenvalue weighted by Gasteiger charge is 2.29. The van der Waals surface area contributed by atoms with Crippen LogP contribution in [0.1, 0.15) is 47.5 Å². The Labute approximate surface area is 134 Å². The molecule has 0 unspecified atom stereocenters. The van der Waals surface area contributed by atoms with Crippen LogP contribution in [-0.4, -0.2) is 12.1 Å². The number of carbonyl (C=O) groups is 2. The van der Waals surface area contributed by atoms with Gasteiger partial charge in [-0.25, -0.2) is 0 Å². The number of hydrogen-bond donors (Lipinski definition) is 0. The van der Waals surface area contributed by atoms with Crippen molar-refractivity contribution in [3.8, 4) is 0 Å². The first-order valence-electron chi connectivity index (χ1n) is 7.63.